The van der Waals surface area contributed by atoms with Crippen LogP contribution in [0.3, 0.4) is 0 Å². The van der Waals surface area contributed by atoms with Gasteiger partial charge in [0.15, 0.2) is 5.69 Å². The van der Waals surface area contributed by atoms with E-state index in [1.54, 1.807) is 24.4 Å². The molecule has 1 aromatic carbocycles. The predicted octanol–water partition coefficient (Wildman–Crippen LogP) is 2.20. The Bertz CT molecular complexity index is 2100. The van der Waals surface area contributed by atoms with Crippen molar-refractivity contribution in [1.29, 1.82) is 5.26 Å². The molecule has 0 spiro atoms. The number of nitrogens with one attached hydrogen (secondary N) is 2. The molecule has 0 radical (unpaired) electrons. The number of nitriles is 1. The molecule has 4 aliphatic heterocycles. The molecule has 3 saturated heterocycles. The molecular weight excluding hydrogens is 673 g/mol. The van der Waals surface area contributed by atoms with Crippen LogP contribution in [-0.4, -0.2) is 81.5 Å². The minimum absolute atomic E-state index is 0.0318. The first kappa shape index (κ1) is 33.4. The van der Waals surface area contributed by atoms with E-state index < -0.39 is 58.6 Å². The van der Waals surface area contributed by atoms with Crippen LogP contribution in [0, 0.1) is 29.1 Å². The van der Waals surface area contributed by atoms with Gasteiger partial charge < -0.3 is 15.0 Å². The van der Waals surface area contributed by atoms with Gasteiger partial charge in [-0.3, -0.25) is 38.9 Å². The van der Waals surface area contributed by atoms with Crippen LogP contribution in [0.5, 0.6) is 0 Å². The fraction of sp³-hybridized carbons (Fsp3) is 0.353. The van der Waals surface area contributed by atoms with E-state index in [9.17, 15) is 37.1 Å². The molecule has 7 rings (SSSR count). The number of alkyl halides is 3. The number of carbonyl (C=O) groups is 5. The number of anilines is 2. The Morgan fingerprint density at radius 3 is 2.51 bits per heavy atom. The van der Waals surface area contributed by atoms with Crippen LogP contribution >= 0.6 is 0 Å². The van der Waals surface area contributed by atoms with E-state index in [-0.39, 0.29) is 61.6 Å². The van der Waals surface area contributed by atoms with Gasteiger partial charge in [-0.15, -0.1) is 0 Å². The molecule has 0 aliphatic carbocycles. The van der Waals surface area contributed by atoms with Crippen molar-refractivity contribution in [3.8, 4) is 17.9 Å². The summed E-state index contributed by atoms with van der Waals surface area (Å²) in [6, 6.07) is 5.94. The third-order valence-corrected chi connectivity index (χ3v) is 9.41. The van der Waals surface area contributed by atoms with Crippen molar-refractivity contribution >= 4 is 40.9 Å². The summed E-state index contributed by atoms with van der Waals surface area (Å²) >= 11 is 0. The first-order chi connectivity index (χ1) is 24.4. The normalized spacial score (nSPS) is 20.2. The Hall–Kier alpha value is -6.07. The highest BCUT2D eigenvalue weighted by atomic mass is 19.4. The van der Waals surface area contributed by atoms with Crippen molar-refractivity contribution < 1.29 is 41.9 Å². The third-order valence-electron chi connectivity index (χ3n) is 9.41. The number of aromatic nitrogens is 3. The van der Waals surface area contributed by atoms with Gasteiger partial charge in [-0.25, -0.2) is 4.98 Å². The molecule has 2 N–H and O–H groups in total. The molecule has 0 bridgehead atoms. The van der Waals surface area contributed by atoms with Crippen LogP contribution in [0.4, 0.5) is 24.5 Å². The zero-order valence-electron chi connectivity index (χ0n) is 26.6. The maximum absolute atomic E-state index is 13.6. The number of imide groups is 2. The number of amides is 5. The van der Waals surface area contributed by atoms with Gasteiger partial charge in [-0.05, 0) is 30.7 Å². The molecule has 14 nitrogen and oxygen atoms in total. The fourth-order valence-corrected chi connectivity index (χ4v) is 6.60. The Labute approximate surface area is 287 Å². The van der Waals surface area contributed by atoms with Crippen molar-refractivity contribution in [1.82, 2.24) is 25.0 Å². The smallest absolute Gasteiger partial charge is 0.381 e. The predicted molar refractivity (Wildman–Crippen MR) is 169 cm³/mol. The first-order valence-electron chi connectivity index (χ1n) is 15.9. The van der Waals surface area contributed by atoms with E-state index in [0.29, 0.717) is 30.4 Å². The van der Waals surface area contributed by atoms with Crippen LogP contribution in [0.25, 0.3) is 0 Å². The molecule has 3 fully saturated rings. The van der Waals surface area contributed by atoms with E-state index in [2.05, 4.69) is 32.6 Å². The van der Waals surface area contributed by atoms with Crippen LogP contribution in [0.15, 0.2) is 42.9 Å². The molecule has 4 aliphatic rings. The number of piperidine rings is 1. The molecule has 6 heterocycles. The number of carbonyl (C=O) groups excluding carboxylic acids is 5. The van der Waals surface area contributed by atoms with Crippen molar-refractivity contribution in [3.05, 3.63) is 70.8 Å². The summed E-state index contributed by atoms with van der Waals surface area (Å²) in [6.07, 6.45) is -0.257. The lowest BCUT2D eigenvalue weighted by Gasteiger charge is -2.38. The molecule has 3 aromatic rings. The highest BCUT2D eigenvalue weighted by molar-refractivity contribution is 6.23. The van der Waals surface area contributed by atoms with Gasteiger partial charge in [0.25, 0.3) is 17.7 Å². The molecule has 260 valence electrons. The number of fused-ring (bicyclic) bond motifs is 1. The van der Waals surface area contributed by atoms with Gasteiger partial charge >= 0.3 is 6.18 Å². The number of benzene rings is 1. The zero-order chi connectivity index (χ0) is 36.1. The second-order valence-corrected chi connectivity index (χ2v) is 12.5. The summed E-state index contributed by atoms with van der Waals surface area (Å²) < 4.78 is 47.4. The average molecular weight is 701 g/mol. The van der Waals surface area contributed by atoms with Gasteiger partial charge in [0.05, 0.1) is 46.3 Å². The van der Waals surface area contributed by atoms with Crippen LogP contribution < -0.4 is 15.5 Å². The first-order valence-corrected chi connectivity index (χ1v) is 15.9. The number of pyridine rings is 1. The number of rotatable bonds is 5. The molecule has 2 aromatic heterocycles. The Balaban J connectivity index is 1.02. The summed E-state index contributed by atoms with van der Waals surface area (Å²) in [4.78, 5) is 70.2. The van der Waals surface area contributed by atoms with E-state index in [1.807, 2.05) is 4.90 Å². The van der Waals surface area contributed by atoms with E-state index in [0.717, 1.165) is 11.1 Å². The second-order valence-electron chi connectivity index (χ2n) is 12.5. The van der Waals surface area contributed by atoms with Crippen molar-refractivity contribution in [2.24, 2.45) is 5.92 Å². The summed E-state index contributed by atoms with van der Waals surface area (Å²) in [5, 5.41) is 18.1. The summed E-state index contributed by atoms with van der Waals surface area (Å²) in [6.45, 7) is 1.48. The minimum atomic E-state index is -4.84. The number of hydrogen-bond donors (Lipinski definition) is 2. The van der Waals surface area contributed by atoms with E-state index in [1.165, 1.54) is 16.9 Å². The van der Waals surface area contributed by atoms with Gasteiger partial charge in [-0.1, -0.05) is 11.8 Å². The number of nitrogens with zero attached hydrogens (tertiary/aromatic N) is 6. The summed E-state index contributed by atoms with van der Waals surface area (Å²) in [5.74, 6) is 3.30. The standard InChI is InChI=1S/C34H27F3N8O6/c35-34(36,37)25-11-21(15-39-26(25)13-38)41-32(50)33(7-9-51-10-8-33)44-18-19(14-40-44)1-2-20-16-43(17-20)22-3-4-23-24(12-22)31(49)45(30(23)48)27-5-6-28(46)42-29(27)47/h3-4,11-12,14-15,18,20,27H,5-10,16-17H2,(H,41,50)(H,42,46,47). The van der Waals surface area contributed by atoms with Crippen LogP contribution in [0.1, 0.15) is 63.2 Å². The molecule has 1 atom stereocenters. The van der Waals surface area contributed by atoms with Crippen molar-refractivity contribution in [3.63, 3.8) is 0 Å². The van der Waals surface area contributed by atoms with Gasteiger partial charge in [0.2, 0.25) is 11.8 Å². The number of hydrogen-bond acceptors (Lipinski definition) is 10. The SMILES string of the molecule is N#Cc1ncc(NC(=O)C2(n3cc(C#CC4CN(c5ccc6c(c5)C(=O)N(C5CCC(=O)NC5=O)C6=O)C4)cn3)CCOCC2)cc1C(F)(F)F. The number of halogens is 3. The van der Waals surface area contributed by atoms with Crippen LogP contribution in [-0.2, 0) is 30.8 Å². The molecule has 17 heteroatoms. The second kappa shape index (κ2) is 12.7. The lowest BCUT2D eigenvalue weighted by Crippen LogP contribution is -2.54. The molecular formula is C34H27F3N8O6. The lowest BCUT2D eigenvalue weighted by atomic mass is 9.89. The zero-order valence-corrected chi connectivity index (χ0v) is 26.6. The Morgan fingerprint density at radius 2 is 1.80 bits per heavy atom. The van der Waals surface area contributed by atoms with E-state index >= 15 is 0 Å². The summed E-state index contributed by atoms with van der Waals surface area (Å²) in [7, 11) is 0. The summed E-state index contributed by atoms with van der Waals surface area (Å²) in [5.41, 5.74) is -1.96. The highest BCUT2D eigenvalue weighted by Gasteiger charge is 2.46. The Kier molecular flexibility index (Phi) is 8.31. The fourth-order valence-electron chi connectivity index (χ4n) is 6.60. The third kappa shape index (κ3) is 6.06. The van der Waals surface area contributed by atoms with Gasteiger partial charge in [-0.2, -0.15) is 23.5 Å². The molecule has 5 amide bonds. The largest absolute Gasteiger partial charge is 0.419 e. The van der Waals surface area contributed by atoms with Crippen molar-refractivity contribution in [2.45, 2.75) is 43.4 Å². The van der Waals surface area contributed by atoms with E-state index in [4.69, 9.17) is 10.00 Å². The maximum atomic E-state index is 13.6. The van der Waals surface area contributed by atoms with Crippen molar-refractivity contribution in [2.75, 3.05) is 36.5 Å². The lowest BCUT2D eigenvalue weighted by molar-refractivity contribution is -0.138. The number of ether oxygens (including phenoxy) is 1. The van der Waals surface area contributed by atoms with Gasteiger partial charge in [0.1, 0.15) is 17.6 Å². The molecule has 51 heavy (non-hydrogen) atoms. The highest BCUT2D eigenvalue weighted by Crippen LogP contribution is 2.35. The topological polar surface area (TPSA) is 180 Å². The Morgan fingerprint density at radius 1 is 1.06 bits per heavy atom. The monoisotopic (exact) mass is 700 g/mol. The van der Waals surface area contributed by atoms with Crippen LogP contribution in [0.2, 0.25) is 0 Å². The molecule has 0 saturated carbocycles. The maximum Gasteiger partial charge on any atom is 0.419 e. The minimum Gasteiger partial charge on any atom is -0.381 e. The quantitative estimate of drug-likeness (QED) is 0.296. The van der Waals surface area contributed by atoms with Gasteiger partial charge in [0, 0.05) is 57.4 Å². The average Bonchev–Trinajstić information content (AvgIpc) is 3.66. The molecule has 1 unspecified atom stereocenters.